The zero-order valence-corrected chi connectivity index (χ0v) is 23.0. The molecule has 3 aromatic heterocycles. The Hall–Kier alpha value is -3.60. The third kappa shape index (κ3) is 4.18. The lowest BCUT2D eigenvalue weighted by Crippen LogP contribution is -2.36. The molecule has 0 N–H and O–H groups in total. The minimum atomic E-state index is -0.675. The van der Waals surface area contributed by atoms with Crippen LogP contribution in [0.2, 0.25) is 0 Å². The van der Waals surface area contributed by atoms with Crippen molar-refractivity contribution in [3.63, 3.8) is 0 Å². The molecular weight excluding hydrogens is 528 g/mol. The van der Waals surface area contributed by atoms with Crippen molar-refractivity contribution in [2.24, 2.45) is 0 Å². The zero-order chi connectivity index (χ0) is 27.1. The highest BCUT2D eigenvalue weighted by molar-refractivity contribution is 7.36. The van der Waals surface area contributed by atoms with Gasteiger partial charge in [0.15, 0.2) is 0 Å². The van der Waals surface area contributed by atoms with Gasteiger partial charge in [-0.05, 0) is 40.5 Å². The topological polar surface area (TPSA) is 122 Å². The van der Waals surface area contributed by atoms with Crippen molar-refractivity contribution in [2.75, 3.05) is 13.2 Å². The molecule has 0 amide bonds. The van der Waals surface area contributed by atoms with Gasteiger partial charge in [0.25, 0.3) is 11.1 Å². The highest BCUT2D eigenvalue weighted by Crippen LogP contribution is 2.33. The molecule has 198 valence electrons. The van der Waals surface area contributed by atoms with Gasteiger partial charge in [0.1, 0.15) is 23.2 Å². The quantitative estimate of drug-likeness (QED) is 0.354. The first kappa shape index (κ1) is 26.0. The Morgan fingerprint density at radius 2 is 1.71 bits per heavy atom. The molecule has 0 radical (unpaired) electrons. The van der Waals surface area contributed by atoms with Crippen molar-refractivity contribution in [1.82, 2.24) is 19.1 Å². The van der Waals surface area contributed by atoms with Crippen LogP contribution in [0, 0.1) is 0 Å². The second-order valence-corrected chi connectivity index (χ2v) is 11.6. The molecule has 0 aromatic carbocycles. The minimum Gasteiger partial charge on any atom is -0.487 e. The largest absolute Gasteiger partial charge is 0.487 e. The lowest BCUT2D eigenvalue weighted by Gasteiger charge is -2.27. The van der Waals surface area contributed by atoms with Crippen molar-refractivity contribution in [2.45, 2.75) is 59.0 Å². The van der Waals surface area contributed by atoms with Crippen molar-refractivity contribution < 1.29 is 19.1 Å². The maximum atomic E-state index is 13.2. The monoisotopic (exact) mass is 554 g/mol. The summed E-state index contributed by atoms with van der Waals surface area (Å²) >= 11 is 3.04. The van der Waals surface area contributed by atoms with Gasteiger partial charge in [-0.25, -0.2) is 19.6 Å². The summed E-state index contributed by atoms with van der Waals surface area (Å²) in [5.74, 6) is 2.54. The number of hydrogen-bond acceptors (Lipinski definition) is 10. The van der Waals surface area contributed by atoms with Crippen LogP contribution in [0.1, 0.15) is 81.0 Å². The summed E-state index contributed by atoms with van der Waals surface area (Å²) in [6.45, 7) is 7.70. The van der Waals surface area contributed by atoms with E-state index in [-0.39, 0.29) is 29.5 Å². The molecule has 0 fully saturated rings. The van der Waals surface area contributed by atoms with Gasteiger partial charge in [-0.15, -0.1) is 22.7 Å². The number of aromatic nitrogens is 4. The molecule has 2 aliphatic rings. The summed E-state index contributed by atoms with van der Waals surface area (Å²) in [7, 11) is 0. The van der Waals surface area contributed by atoms with Crippen molar-refractivity contribution in [1.29, 1.82) is 0 Å². The van der Waals surface area contributed by atoms with Crippen molar-refractivity contribution in [3.8, 4) is 5.75 Å². The molecular formula is C26H26N4O6S2. The smallest absolute Gasteiger partial charge is 0.345 e. The van der Waals surface area contributed by atoms with E-state index in [1.165, 1.54) is 39.6 Å². The Morgan fingerprint density at radius 3 is 2.39 bits per heavy atom. The molecule has 5 rings (SSSR count). The van der Waals surface area contributed by atoms with E-state index in [4.69, 9.17) is 9.47 Å². The van der Waals surface area contributed by atoms with Crippen molar-refractivity contribution in [3.05, 3.63) is 63.6 Å². The third-order valence-corrected chi connectivity index (χ3v) is 9.52. The Balaban J connectivity index is 1.67. The summed E-state index contributed by atoms with van der Waals surface area (Å²) in [5, 5.41) is 0. The fourth-order valence-electron chi connectivity index (χ4n) is 4.81. The Bertz CT molecular complexity index is 1720. The molecule has 2 aliphatic heterocycles. The first-order chi connectivity index (χ1) is 18.3. The van der Waals surface area contributed by atoms with Crippen LogP contribution in [-0.4, -0.2) is 44.2 Å². The lowest BCUT2D eigenvalue weighted by atomic mass is 9.96. The standard InChI is InChI=1S/C26H26N4O6S2/c1-5-35-19-11-28-21-17(9-15(12-31)14(4)30(21)23(19)33)26-37-25(38-26)16-8-7-13(3)29-20(16)27-10-18(22(29)32)24(34)36-6-2/h10-11,13-14H,5-9H2,1-4H3. The van der Waals surface area contributed by atoms with Crippen LogP contribution < -0.4 is 23.5 Å². The predicted molar refractivity (Wildman–Crippen MR) is 143 cm³/mol. The number of ether oxygens (including phenoxy) is 2. The second kappa shape index (κ2) is 10.3. The molecule has 10 nitrogen and oxygen atoms in total. The highest BCUT2D eigenvalue weighted by Gasteiger charge is 2.31. The zero-order valence-electron chi connectivity index (χ0n) is 21.4. The number of allylic oxidation sites excluding steroid dienone is 1. The lowest BCUT2D eigenvalue weighted by molar-refractivity contribution is 0.0522. The second-order valence-electron chi connectivity index (χ2n) is 9.05. The molecule has 0 saturated carbocycles. The third-order valence-electron chi connectivity index (χ3n) is 6.80. The summed E-state index contributed by atoms with van der Waals surface area (Å²) in [5.41, 5.74) is 1.37. The summed E-state index contributed by atoms with van der Waals surface area (Å²) in [6.07, 6.45) is 4.53. The van der Waals surface area contributed by atoms with Gasteiger partial charge >= 0.3 is 5.97 Å². The Kier molecular flexibility index (Phi) is 7.04. The first-order valence-corrected chi connectivity index (χ1v) is 14.0. The molecule has 0 aliphatic carbocycles. The Morgan fingerprint density at radius 1 is 1.03 bits per heavy atom. The van der Waals surface area contributed by atoms with E-state index < -0.39 is 17.6 Å². The fraction of sp³-hybridized carbons (Fsp3) is 0.423. The summed E-state index contributed by atoms with van der Waals surface area (Å²) in [4.78, 5) is 59.3. The van der Waals surface area contributed by atoms with Gasteiger partial charge in [-0.3, -0.25) is 18.7 Å². The molecule has 38 heavy (non-hydrogen) atoms. The maximum absolute atomic E-state index is 13.2. The van der Waals surface area contributed by atoms with E-state index in [0.29, 0.717) is 30.2 Å². The summed E-state index contributed by atoms with van der Waals surface area (Å²) in [6, 6.07) is -0.587. The van der Waals surface area contributed by atoms with E-state index in [9.17, 15) is 19.2 Å². The van der Waals surface area contributed by atoms with Gasteiger partial charge < -0.3 is 9.47 Å². The van der Waals surface area contributed by atoms with Crippen LogP contribution >= 0.6 is 22.7 Å². The minimum absolute atomic E-state index is 0.0746. The van der Waals surface area contributed by atoms with Crippen LogP contribution in [0.5, 0.6) is 5.75 Å². The average molecular weight is 555 g/mol. The first-order valence-electron chi connectivity index (χ1n) is 12.4. The Labute approximate surface area is 225 Å². The fourth-order valence-corrected chi connectivity index (χ4v) is 7.12. The van der Waals surface area contributed by atoms with Crippen LogP contribution in [0.3, 0.4) is 0 Å². The van der Waals surface area contributed by atoms with Gasteiger partial charge in [-0.1, -0.05) is 0 Å². The molecule has 5 heterocycles. The summed E-state index contributed by atoms with van der Waals surface area (Å²) < 4.78 is 15.4. The van der Waals surface area contributed by atoms with E-state index in [0.717, 1.165) is 31.7 Å². The number of carbonyl (C=O) groups is 1. The highest BCUT2D eigenvalue weighted by atomic mass is 32.2. The SMILES string of the molecule is CCOC(=O)c1cnc2n(c1=O)C(C)CCC2=c1sc(=C2CC(=C=O)C(C)n3c2ncc(OCC)c3=O)s1. The van der Waals surface area contributed by atoms with E-state index in [1.54, 1.807) is 25.3 Å². The van der Waals surface area contributed by atoms with Gasteiger partial charge in [0.2, 0.25) is 5.75 Å². The normalized spacial score (nSPS) is 18.6. The molecule has 0 spiro atoms. The number of fused-ring (bicyclic) bond motifs is 2. The van der Waals surface area contributed by atoms with Crippen LogP contribution in [0.25, 0.3) is 11.1 Å². The van der Waals surface area contributed by atoms with Gasteiger partial charge in [0.05, 0.1) is 33.1 Å². The van der Waals surface area contributed by atoms with Crippen LogP contribution in [0.4, 0.5) is 0 Å². The number of carbonyl (C=O) groups excluding carboxylic acids is 2. The van der Waals surface area contributed by atoms with Crippen LogP contribution in [-0.2, 0) is 9.53 Å². The van der Waals surface area contributed by atoms with Crippen molar-refractivity contribution >= 4 is 45.7 Å². The molecule has 0 bridgehead atoms. The maximum Gasteiger partial charge on any atom is 0.345 e. The molecule has 2 atom stereocenters. The van der Waals surface area contributed by atoms with E-state index in [1.807, 2.05) is 12.9 Å². The van der Waals surface area contributed by atoms with Crippen LogP contribution in [0.15, 0.2) is 27.6 Å². The van der Waals surface area contributed by atoms with E-state index >= 15 is 0 Å². The molecule has 3 aromatic rings. The average Bonchev–Trinajstić information content (AvgIpc) is 2.87. The number of esters is 1. The molecule has 2 unspecified atom stereocenters. The number of nitrogens with zero attached hydrogens (tertiary/aromatic N) is 4. The molecule has 0 saturated heterocycles. The molecule has 12 heteroatoms. The predicted octanol–water partition coefficient (Wildman–Crippen LogP) is 1.97. The van der Waals surface area contributed by atoms with E-state index in [2.05, 4.69) is 9.97 Å². The van der Waals surface area contributed by atoms with Gasteiger partial charge in [0, 0.05) is 35.4 Å². The number of hydrogen-bond donors (Lipinski definition) is 0. The van der Waals surface area contributed by atoms with Gasteiger partial charge in [-0.2, -0.15) is 0 Å². The number of rotatable bonds is 4.